The summed E-state index contributed by atoms with van der Waals surface area (Å²) < 4.78 is 7.53. The van der Waals surface area contributed by atoms with Crippen LogP contribution in [0.1, 0.15) is 62.6 Å². The Hall–Kier alpha value is -3.26. The SMILES string of the molecule is CCc1ccc([C@H](C(=O)NC2CCCC2)N(C[C@@H]2CCCO2)C(=O)Cn2nnc3ccccc32)cc1. The van der Waals surface area contributed by atoms with Crippen molar-refractivity contribution in [3.63, 3.8) is 0 Å². The van der Waals surface area contributed by atoms with Gasteiger partial charge in [-0.1, -0.05) is 61.4 Å². The maximum atomic E-state index is 13.9. The van der Waals surface area contributed by atoms with Crippen molar-refractivity contribution in [1.82, 2.24) is 25.2 Å². The second-order valence-electron chi connectivity index (χ2n) is 9.90. The molecule has 190 valence electrons. The third-order valence-corrected chi connectivity index (χ3v) is 7.42. The van der Waals surface area contributed by atoms with E-state index in [0.717, 1.165) is 61.5 Å². The van der Waals surface area contributed by atoms with Crippen molar-refractivity contribution in [2.45, 2.75) is 76.6 Å². The van der Waals surface area contributed by atoms with Gasteiger partial charge in [-0.05, 0) is 55.4 Å². The van der Waals surface area contributed by atoms with E-state index in [1.165, 1.54) is 5.56 Å². The molecule has 5 rings (SSSR count). The molecule has 8 nitrogen and oxygen atoms in total. The molecule has 0 bridgehead atoms. The van der Waals surface area contributed by atoms with Crippen LogP contribution < -0.4 is 5.32 Å². The lowest BCUT2D eigenvalue weighted by atomic mass is 10.00. The van der Waals surface area contributed by atoms with Gasteiger partial charge in [-0.25, -0.2) is 4.68 Å². The number of amides is 2. The van der Waals surface area contributed by atoms with Crippen LogP contribution in [0.15, 0.2) is 48.5 Å². The Morgan fingerprint density at radius 3 is 2.58 bits per heavy atom. The Morgan fingerprint density at radius 1 is 1.08 bits per heavy atom. The van der Waals surface area contributed by atoms with E-state index in [2.05, 4.69) is 22.6 Å². The number of carbonyl (C=O) groups is 2. The van der Waals surface area contributed by atoms with Gasteiger partial charge in [-0.15, -0.1) is 5.10 Å². The van der Waals surface area contributed by atoms with Crippen LogP contribution in [0.3, 0.4) is 0 Å². The van der Waals surface area contributed by atoms with Crippen LogP contribution in [-0.4, -0.2) is 57.0 Å². The molecule has 1 aromatic heterocycles. The Bertz CT molecular complexity index is 1180. The van der Waals surface area contributed by atoms with Crippen molar-refractivity contribution in [3.8, 4) is 0 Å². The number of aromatic nitrogens is 3. The second kappa shape index (κ2) is 11.2. The molecule has 1 aliphatic heterocycles. The predicted octanol–water partition coefficient (Wildman–Crippen LogP) is 3.80. The number of benzene rings is 2. The fourth-order valence-electron chi connectivity index (χ4n) is 5.37. The molecule has 2 fully saturated rings. The van der Waals surface area contributed by atoms with Gasteiger partial charge in [0.25, 0.3) is 0 Å². The quantitative estimate of drug-likeness (QED) is 0.494. The van der Waals surface area contributed by atoms with Crippen LogP contribution in [0.2, 0.25) is 0 Å². The minimum absolute atomic E-state index is 0.00743. The topological polar surface area (TPSA) is 89.4 Å². The second-order valence-corrected chi connectivity index (χ2v) is 9.90. The molecule has 36 heavy (non-hydrogen) atoms. The number of rotatable bonds is 9. The smallest absolute Gasteiger partial charge is 0.247 e. The Balaban J connectivity index is 1.48. The number of nitrogens with zero attached hydrogens (tertiary/aromatic N) is 4. The van der Waals surface area contributed by atoms with Crippen molar-refractivity contribution in [2.24, 2.45) is 0 Å². The highest BCUT2D eigenvalue weighted by atomic mass is 16.5. The van der Waals surface area contributed by atoms with E-state index in [1.807, 2.05) is 48.5 Å². The fraction of sp³-hybridized carbons (Fsp3) is 0.500. The van der Waals surface area contributed by atoms with Crippen LogP contribution in [0.25, 0.3) is 11.0 Å². The molecule has 0 spiro atoms. The standard InChI is InChI=1S/C28H35N5O3/c1-2-20-13-15-21(16-14-20)27(28(35)29-22-8-3-4-9-22)32(18-23-10-7-17-36-23)26(34)19-33-25-12-6-5-11-24(25)30-31-33/h5-6,11-16,22-23,27H,2-4,7-10,17-19H2,1H3,(H,29,35)/t23-,27+/m0/s1. The summed E-state index contributed by atoms with van der Waals surface area (Å²) in [5, 5.41) is 11.7. The van der Waals surface area contributed by atoms with Crippen molar-refractivity contribution in [2.75, 3.05) is 13.2 Å². The predicted molar refractivity (Wildman–Crippen MR) is 137 cm³/mol. The van der Waals surface area contributed by atoms with E-state index in [4.69, 9.17) is 4.74 Å². The molecule has 3 aromatic rings. The fourth-order valence-corrected chi connectivity index (χ4v) is 5.37. The highest BCUT2D eigenvalue weighted by Gasteiger charge is 2.35. The van der Waals surface area contributed by atoms with Gasteiger partial charge in [0.1, 0.15) is 18.1 Å². The van der Waals surface area contributed by atoms with Crippen LogP contribution in [-0.2, 0) is 27.3 Å². The van der Waals surface area contributed by atoms with E-state index in [-0.39, 0.29) is 30.5 Å². The largest absolute Gasteiger partial charge is 0.376 e. The molecule has 1 N–H and O–H groups in total. The zero-order valence-electron chi connectivity index (χ0n) is 20.9. The lowest BCUT2D eigenvalue weighted by Crippen LogP contribution is -2.49. The highest BCUT2D eigenvalue weighted by molar-refractivity contribution is 5.89. The van der Waals surface area contributed by atoms with Gasteiger partial charge >= 0.3 is 0 Å². The number of hydrogen-bond acceptors (Lipinski definition) is 5. The Kier molecular flexibility index (Phi) is 7.60. The highest BCUT2D eigenvalue weighted by Crippen LogP contribution is 2.27. The lowest BCUT2D eigenvalue weighted by molar-refractivity contribution is -0.143. The van der Waals surface area contributed by atoms with Gasteiger partial charge in [-0.2, -0.15) is 0 Å². The number of ether oxygens (including phenoxy) is 1. The number of carbonyl (C=O) groups excluding carboxylic acids is 2. The van der Waals surface area contributed by atoms with Crippen LogP contribution in [0.5, 0.6) is 0 Å². The minimum Gasteiger partial charge on any atom is -0.376 e. The van der Waals surface area contributed by atoms with E-state index < -0.39 is 6.04 Å². The maximum Gasteiger partial charge on any atom is 0.247 e. The van der Waals surface area contributed by atoms with E-state index >= 15 is 0 Å². The average Bonchev–Trinajstić information content (AvgIpc) is 3.67. The lowest BCUT2D eigenvalue weighted by Gasteiger charge is -2.34. The number of fused-ring (bicyclic) bond motifs is 1. The first-order valence-electron chi connectivity index (χ1n) is 13.2. The molecule has 1 aliphatic carbocycles. The van der Waals surface area contributed by atoms with Gasteiger partial charge in [0.05, 0.1) is 11.6 Å². The third-order valence-electron chi connectivity index (χ3n) is 7.42. The molecule has 1 saturated carbocycles. The van der Waals surface area contributed by atoms with Crippen LogP contribution in [0.4, 0.5) is 0 Å². The Morgan fingerprint density at radius 2 is 1.86 bits per heavy atom. The number of aryl methyl sites for hydroxylation is 1. The van der Waals surface area contributed by atoms with Gasteiger partial charge in [0.2, 0.25) is 11.8 Å². The summed E-state index contributed by atoms with van der Waals surface area (Å²) in [5.74, 6) is -0.298. The first-order chi connectivity index (χ1) is 17.6. The van der Waals surface area contributed by atoms with Crippen LogP contribution >= 0.6 is 0 Å². The Labute approximate surface area is 212 Å². The van der Waals surface area contributed by atoms with Gasteiger partial charge < -0.3 is 15.0 Å². The van der Waals surface area contributed by atoms with Gasteiger partial charge in [-0.3, -0.25) is 9.59 Å². The molecule has 1 saturated heterocycles. The summed E-state index contributed by atoms with van der Waals surface area (Å²) in [6.07, 6.45) is 6.88. The third kappa shape index (κ3) is 5.43. The summed E-state index contributed by atoms with van der Waals surface area (Å²) in [6.45, 7) is 3.16. The summed E-state index contributed by atoms with van der Waals surface area (Å²) in [7, 11) is 0. The molecule has 2 aliphatic rings. The summed E-state index contributed by atoms with van der Waals surface area (Å²) in [6, 6.07) is 15.1. The van der Waals surface area contributed by atoms with Crippen molar-refractivity contribution in [3.05, 3.63) is 59.7 Å². The molecule has 0 radical (unpaired) electrons. The van der Waals surface area contributed by atoms with E-state index in [1.54, 1.807) is 9.58 Å². The van der Waals surface area contributed by atoms with E-state index in [9.17, 15) is 9.59 Å². The summed E-state index contributed by atoms with van der Waals surface area (Å²) in [5.41, 5.74) is 3.54. The number of hydrogen-bond donors (Lipinski definition) is 1. The van der Waals surface area contributed by atoms with E-state index in [0.29, 0.717) is 13.2 Å². The normalized spacial score (nSPS) is 19.0. The first-order valence-corrected chi connectivity index (χ1v) is 13.2. The molecule has 2 heterocycles. The number of para-hydroxylation sites is 1. The molecular weight excluding hydrogens is 454 g/mol. The molecule has 0 unspecified atom stereocenters. The molecular formula is C28H35N5O3. The molecule has 2 atom stereocenters. The average molecular weight is 490 g/mol. The zero-order valence-corrected chi connectivity index (χ0v) is 20.9. The first kappa shape index (κ1) is 24.4. The zero-order chi connectivity index (χ0) is 24.9. The van der Waals surface area contributed by atoms with Gasteiger partial charge in [0.15, 0.2) is 0 Å². The monoisotopic (exact) mass is 489 g/mol. The van der Waals surface area contributed by atoms with Crippen molar-refractivity contribution < 1.29 is 14.3 Å². The van der Waals surface area contributed by atoms with Gasteiger partial charge in [0, 0.05) is 19.2 Å². The summed E-state index contributed by atoms with van der Waals surface area (Å²) >= 11 is 0. The molecule has 2 aromatic carbocycles. The number of nitrogens with one attached hydrogen (secondary N) is 1. The molecule has 2 amide bonds. The maximum absolute atomic E-state index is 13.9. The van der Waals surface area contributed by atoms with Crippen LogP contribution in [0, 0.1) is 0 Å². The van der Waals surface area contributed by atoms with Crippen molar-refractivity contribution >= 4 is 22.8 Å². The van der Waals surface area contributed by atoms with Crippen molar-refractivity contribution in [1.29, 1.82) is 0 Å². The molecule has 8 heteroatoms. The minimum atomic E-state index is -0.733. The summed E-state index contributed by atoms with van der Waals surface area (Å²) in [4.78, 5) is 29.4.